The quantitative estimate of drug-likeness (QED) is 0.331. The second kappa shape index (κ2) is 24.1. The van der Waals surface area contributed by atoms with Gasteiger partial charge in [0, 0.05) is 0 Å². The summed E-state index contributed by atoms with van der Waals surface area (Å²) in [6.45, 7) is 0. The van der Waals surface area contributed by atoms with E-state index in [2.05, 4.69) is 0 Å². The van der Waals surface area contributed by atoms with Crippen LogP contribution in [0.1, 0.15) is 0 Å². The van der Waals surface area contributed by atoms with Crippen LogP contribution in [0.3, 0.4) is 0 Å². The van der Waals surface area contributed by atoms with Crippen LogP contribution in [-0.4, -0.2) is 0 Å². The van der Waals surface area contributed by atoms with Gasteiger partial charge in [-0.3, -0.25) is 0 Å². The van der Waals surface area contributed by atoms with E-state index >= 15 is 0 Å². The molecule has 0 aromatic carbocycles. The molecule has 0 rings (SSSR count). The third kappa shape index (κ3) is 103. The molecule has 2 nitrogen and oxygen atoms in total. The van der Waals surface area contributed by atoms with Crippen molar-refractivity contribution in [2.75, 3.05) is 0 Å². The minimum atomic E-state index is -0.750. The number of hydrogen-bond acceptors (Lipinski definition) is 2. The van der Waals surface area contributed by atoms with Crippen LogP contribution in [0.4, 0.5) is 0 Å². The summed E-state index contributed by atoms with van der Waals surface area (Å²) >= 11 is -0.750. The second-order valence-electron chi connectivity index (χ2n) is 0.0680. The molecule has 0 aliphatic heterocycles. The summed E-state index contributed by atoms with van der Waals surface area (Å²) in [5.41, 5.74) is 0. The van der Waals surface area contributed by atoms with Crippen molar-refractivity contribution >= 4 is 11.6 Å². The van der Waals surface area contributed by atoms with Gasteiger partial charge in [-0.15, -0.1) is 0 Å². The Hall–Kier alpha value is 0.530. The summed E-state index contributed by atoms with van der Waals surface area (Å²) in [7, 11) is 0. The predicted molar refractivity (Wildman–Crippen MR) is 8.74 cm³/mol. The minimum absolute atomic E-state index is 0. The van der Waals surface area contributed by atoms with Crippen molar-refractivity contribution < 1.29 is 33.2 Å². The zero-order valence-electron chi connectivity index (χ0n) is 1.98. The third-order valence-electron chi connectivity index (χ3n) is 0. The largest absolute Gasteiger partial charge is 1.00 e. The molecule has 0 fully saturated rings. The zero-order valence-corrected chi connectivity index (χ0v) is 4.31. The Morgan fingerprint density at radius 2 is 1.00 bits per heavy atom. The molecule has 0 atom stereocenters. The van der Waals surface area contributed by atoms with Crippen molar-refractivity contribution in [3.8, 4) is 0 Å². The van der Waals surface area contributed by atoms with Crippen molar-refractivity contribution in [1.29, 1.82) is 0 Å². The van der Waals surface area contributed by atoms with E-state index in [0.29, 0.717) is 0 Å². The average Bonchev–Trinajstić information content (AvgIpc) is 0.918. The Morgan fingerprint density at radius 3 is 1.00 bits per heavy atom. The predicted octanol–water partition coefficient (Wildman–Crippen LogP) is -6.23. The normalized spacial score (nSPS) is 1.60. The van der Waals surface area contributed by atoms with Gasteiger partial charge in [0.05, 0.1) is 0 Å². The minimum Gasteiger partial charge on any atom is -1.00 e. The van der Waals surface area contributed by atoms with Gasteiger partial charge in [0.25, 0.3) is 0 Å². The van der Waals surface area contributed by atoms with E-state index in [4.69, 9.17) is 8.42 Å². The van der Waals surface area contributed by atoms with Gasteiger partial charge >= 0.3 is 20.0 Å². The van der Waals surface area contributed by atoms with Gasteiger partial charge in [-0.05, 0) is 0 Å². The Bertz CT molecular complexity index is 28.6. The molecule has 0 aromatic heterocycles. The Morgan fingerprint density at radius 1 is 1.00 bits per heavy atom. The van der Waals surface area contributed by atoms with Crippen molar-refractivity contribution in [3.05, 3.63) is 0 Å². The summed E-state index contributed by atoms with van der Waals surface area (Å²) in [4.78, 5) is 0. The second-order valence-corrected chi connectivity index (χ2v) is 0.204. The van der Waals surface area contributed by atoms with Crippen molar-refractivity contribution in [1.82, 2.24) is 0 Å². The molecule has 0 radical (unpaired) electrons. The molecule has 0 heterocycles. The molecule has 0 saturated heterocycles. The first-order valence-electron chi connectivity index (χ1n) is 0.333. The first-order valence-corrected chi connectivity index (χ1v) is 1.00. The zero-order chi connectivity index (χ0) is 2.71. The number of halogens is 2. The summed E-state index contributed by atoms with van der Waals surface area (Å²) in [5.74, 6) is 0. The molecule has 0 bridgehead atoms. The van der Waals surface area contributed by atoms with Crippen LogP contribution in [0.2, 0.25) is 0 Å². The van der Waals surface area contributed by atoms with Crippen molar-refractivity contribution in [2.45, 2.75) is 0 Å². The number of hydrogen-bond donors (Lipinski definition) is 0. The summed E-state index contributed by atoms with van der Waals surface area (Å²) in [6, 6.07) is 0. The van der Waals surface area contributed by atoms with Crippen molar-refractivity contribution in [3.63, 3.8) is 0 Å². The van der Waals surface area contributed by atoms with Crippen LogP contribution < -0.4 is 24.8 Å². The first kappa shape index (κ1) is 17.7. The van der Waals surface area contributed by atoms with E-state index in [0.717, 1.165) is 0 Å². The molecule has 0 amide bonds. The Kier molecular flexibility index (Phi) is 85.5. The molecule has 0 unspecified atom stereocenters. The van der Waals surface area contributed by atoms with Crippen LogP contribution in [0.15, 0.2) is 0 Å². The van der Waals surface area contributed by atoms with Gasteiger partial charge in [-0.25, -0.2) is 0 Å². The topological polar surface area (TPSA) is 34.1 Å². The molecule has 0 aromatic rings. The fraction of sp³-hybridized carbons (Fsp3) is 0. The van der Waals surface area contributed by atoms with Gasteiger partial charge in [0.15, 0.2) is 0 Å². The van der Waals surface area contributed by atoms with Gasteiger partial charge < -0.3 is 24.8 Å². The van der Waals surface area contributed by atoms with Gasteiger partial charge in [-0.1, -0.05) is 0 Å². The molecule has 5 heteroatoms. The number of rotatable bonds is 0. The maximum Gasteiger partial charge on any atom is -1.00 e. The smallest absolute Gasteiger partial charge is 1.00 e. The third-order valence-corrected chi connectivity index (χ3v) is 0. The van der Waals surface area contributed by atoms with E-state index in [-0.39, 0.29) is 24.8 Å². The molecule has 32 valence electrons. The first-order chi connectivity index (χ1) is 1.41. The standard InChI is InChI=1S/2ClH.O2S/c;;1-3-2/h2*1H;/q;;+2/p-2. The molecule has 5 heavy (non-hydrogen) atoms. The van der Waals surface area contributed by atoms with Crippen LogP contribution in [0.25, 0.3) is 0 Å². The average molecular weight is 135 g/mol. The van der Waals surface area contributed by atoms with E-state index < -0.39 is 11.6 Å². The van der Waals surface area contributed by atoms with Crippen LogP contribution in [0.5, 0.6) is 0 Å². The Labute approximate surface area is 45.4 Å². The summed E-state index contributed by atoms with van der Waals surface area (Å²) in [6.07, 6.45) is 0. The monoisotopic (exact) mass is 134 g/mol. The van der Waals surface area contributed by atoms with Crippen LogP contribution in [-0.2, 0) is 20.0 Å². The molecule has 0 aliphatic rings. The summed E-state index contributed by atoms with van der Waals surface area (Å²) in [5, 5.41) is 0. The SMILES string of the molecule is O=[S+2]=O.[Cl-].[Cl-]. The van der Waals surface area contributed by atoms with Gasteiger partial charge in [0.2, 0.25) is 0 Å². The van der Waals surface area contributed by atoms with Crippen LogP contribution in [0, 0.1) is 0 Å². The fourth-order valence-corrected chi connectivity index (χ4v) is 0. The molecule has 0 spiro atoms. The van der Waals surface area contributed by atoms with Gasteiger partial charge in [0.1, 0.15) is 0 Å². The molecular formula is Cl2O2S. The molecule has 0 saturated carbocycles. The molecule has 0 N–H and O–H groups in total. The van der Waals surface area contributed by atoms with Crippen LogP contribution >= 0.6 is 0 Å². The van der Waals surface area contributed by atoms with E-state index in [1.165, 1.54) is 0 Å². The molecular weight excluding hydrogens is 135 g/mol. The fourth-order valence-electron chi connectivity index (χ4n) is 0. The Balaban J connectivity index is -0.0000000200. The maximum atomic E-state index is 8.29. The summed E-state index contributed by atoms with van der Waals surface area (Å²) < 4.78 is 16.6. The van der Waals surface area contributed by atoms with Crippen molar-refractivity contribution in [2.24, 2.45) is 0 Å². The molecule has 0 aliphatic carbocycles. The van der Waals surface area contributed by atoms with E-state index in [1.807, 2.05) is 0 Å². The van der Waals surface area contributed by atoms with E-state index in [9.17, 15) is 0 Å². The van der Waals surface area contributed by atoms with Gasteiger partial charge in [-0.2, -0.15) is 0 Å². The maximum absolute atomic E-state index is 8.29. The van der Waals surface area contributed by atoms with E-state index in [1.54, 1.807) is 0 Å².